The lowest BCUT2D eigenvalue weighted by atomic mass is 10.1. The molecule has 0 saturated carbocycles. The van der Waals surface area contributed by atoms with Crippen molar-refractivity contribution in [2.24, 2.45) is 0 Å². The highest BCUT2D eigenvalue weighted by molar-refractivity contribution is 6.32. The van der Waals surface area contributed by atoms with E-state index in [1.54, 1.807) is 6.07 Å². The van der Waals surface area contributed by atoms with Crippen LogP contribution in [0.3, 0.4) is 0 Å². The molecule has 1 aromatic heterocycles. The summed E-state index contributed by atoms with van der Waals surface area (Å²) in [6.45, 7) is 1.92. The van der Waals surface area contributed by atoms with Gasteiger partial charge in [-0.25, -0.2) is 0 Å². The van der Waals surface area contributed by atoms with Crippen LogP contribution in [-0.2, 0) is 6.42 Å². The third-order valence-corrected chi connectivity index (χ3v) is 3.20. The number of halogens is 2. The molecule has 2 rings (SSSR count). The molecule has 100 valence electrons. The zero-order valence-corrected chi connectivity index (χ0v) is 11.8. The fourth-order valence-electron chi connectivity index (χ4n) is 1.83. The predicted octanol–water partition coefficient (Wildman–Crippen LogP) is 3.95. The second-order valence-electron chi connectivity index (χ2n) is 4.32. The summed E-state index contributed by atoms with van der Waals surface area (Å²) in [6.07, 6.45) is 2.08. The number of carbonyl (C=O) groups is 1. The Hall–Kier alpha value is -1.45. The van der Waals surface area contributed by atoms with E-state index >= 15 is 0 Å². The van der Waals surface area contributed by atoms with Crippen molar-refractivity contribution in [3.05, 3.63) is 58.0 Å². The van der Waals surface area contributed by atoms with Gasteiger partial charge in [-0.1, -0.05) is 23.7 Å². The Morgan fingerprint density at radius 3 is 2.79 bits per heavy atom. The third kappa shape index (κ3) is 3.75. The van der Waals surface area contributed by atoms with Crippen LogP contribution in [-0.4, -0.2) is 11.9 Å². The monoisotopic (exact) mass is 297 g/mol. The molecule has 0 aliphatic carbocycles. The fraction of sp³-hybridized carbons (Fsp3) is 0.214. The molecule has 2 aromatic rings. The Morgan fingerprint density at radius 1 is 1.37 bits per heavy atom. The summed E-state index contributed by atoms with van der Waals surface area (Å²) in [7, 11) is 0. The molecule has 0 aliphatic rings. The van der Waals surface area contributed by atoms with Gasteiger partial charge in [-0.3, -0.25) is 4.79 Å². The number of furan rings is 1. The lowest BCUT2D eigenvalue weighted by Gasteiger charge is -2.13. The van der Waals surface area contributed by atoms with Gasteiger partial charge >= 0.3 is 0 Å². The summed E-state index contributed by atoms with van der Waals surface area (Å²) in [5.74, 6) is -0.242. The molecule has 1 atom stereocenters. The molecule has 0 bridgehead atoms. The molecule has 19 heavy (non-hydrogen) atoms. The first-order valence-corrected chi connectivity index (χ1v) is 6.60. The average Bonchev–Trinajstić information content (AvgIpc) is 2.75. The van der Waals surface area contributed by atoms with E-state index in [-0.39, 0.29) is 17.2 Å². The maximum Gasteiger partial charge on any atom is 0.256 e. The van der Waals surface area contributed by atoms with Gasteiger partial charge in [0.15, 0.2) is 0 Å². The Balaban J connectivity index is 1.96. The second-order valence-corrected chi connectivity index (χ2v) is 5.10. The minimum Gasteiger partial charge on any atom is -0.452 e. The molecule has 1 unspecified atom stereocenters. The quantitative estimate of drug-likeness (QED) is 0.928. The minimum atomic E-state index is -0.242. The maximum atomic E-state index is 11.9. The zero-order chi connectivity index (χ0) is 13.8. The summed E-state index contributed by atoms with van der Waals surface area (Å²) < 4.78 is 4.89. The van der Waals surface area contributed by atoms with Gasteiger partial charge < -0.3 is 9.73 Å². The van der Waals surface area contributed by atoms with Crippen molar-refractivity contribution in [3.8, 4) is 0 Å². The van der Waals surface area contributed by atoms with Crippen molar-refractivity contribution in [2.45, 2.75) is 19.4 Å². The Morgan fingerprint density at radius 2 is 2.16 bits per heavy atom. The number of carbonyl (C=O) groups excluding carboxylic acids is 1. The van der Waals surface area contributed by atoms with E-state index in [1.807, 2.05) is 31.2 Å². The Labute approximate surface area is 121 Å². The van der Waals surface area contributed by atoms with Crippen LogP contribution < -0.4 is 5.32 Å². The standard InChI is InChI=1S/C14H13Cl2NO2/c1-9(7-10-3-2-4-11(15)8-10)17-14(18)12-5-6-19-13(12)16/h2-6,8-9H,7H2,1H3,(H,17,18). The van der Waals surface area contributed by atoms with E-state index < -0.39 is 0 Å². The van der Waals surface area contributed by atoms with Crippen LogP contribution >= 0.6 is 23.2 Å². The van der Waals surface area contributed by atoms with Crippen molar-refractivity contribution in [1.29, 1.82) is 0 Å². The summed E-state index contributed by atoms with van der Waals surface area (Å²) in [4.78, 5) is 11.9. The van der Waals surface area contributed by atoms with E-state index in [0.717, 1.165) is 5.56 Å². The fourth-order valence-corrected chi connectivity index (χ4v) is 2.24. The lowest BCUT2D eigenvalue weighted by molar-refractivity contribution is 0.0939. The molecular weight excluding hydrogens is 285 g/mol. The number of amides is 1. The van der Waals surface area contributed by atoms with Crippen molar-refractivity contribution >= 4 is 29.1 Å². The molecule has 3 nitrogen and oxygen atoms in total. The van der Waals surface area contributed by atoms with Gasteiger partial charge in [-0.2, -0.15) is 0 Å². The van der Waals surface area contributed by atoms with Gasteiger partial charge in [-0.15, -0.1) is 0 Å². The number of hydrogen-bond acceptors (Lipinski definition) is 2. The van der Waals surface area contributed by atoms with E-state index in [1.165, 1.54) is 6.26 Å². The van der Waals surface area contributed by atoms with E-state index in [4.69, 9.17) is 27.6 Å². The summed E-state index contributed by atoms with van der Waals surface area (Å²) in [5.41, 5.74) is 1.42. The molecule has 0 spiro atoms. The third-order valence-electron chi connectivity index (χ3n) is 2.67. The highest BCUT2D eigenvalue weighted by Crippen LogP contribution is 2.17. The van der Waals surface area contributed by atoms with Gasteiger partial charge in [0.05, 0.1) is 11.8 Å². The van der Waals surface area contributed by atoms with E-state index in [0.29, 0.717) is 17.0 Å². The largest absolute Gasteiger partial charge is 0.452 e. The van der Waals surface area contributed by atoms with Crippen LogP contribution in [0.15, 0.2) is 41.0 Å². The molecule has 1 N–H and O–H groups in total. The van der Waals surface area contributed by atoms with Gasteiger partial charge in [0.2, 0.25) is 5.22 Å². The Kier molecular flexibility index (Phi) is 4.51. The van der Waals surface area contributed by atoms with Crippen LogP contribution in [0.25, 0.3) is 0 Å². The van der Waals surface area contributed by atoms with Crippen LogP contribution in [0.2, 0.25) is 10.2 Å². The van der Waals surface area contributed by atoms with Gasteiger partial charge in [0.25, 0.3) is 5.91 Å². The predicted molar refractivity (Wildman–Crippen MR) is 75.8 cm³/mol. The molecule has 5 heteroatoms. The van der Waals surface area contributed by atoms with Gasteiger partial charge in [-0.05, 0) is 48.7 Å². The number of hydrogen-bond donors (Lipinski definition) is 1. The van der Waals surface area contributed by atoms with Crippen molar-refractivity contribution in [2.75, 3.05) is 0 Å². The first-order valence-electron chi connectivity index (χ1n) is 5.84. The van der Waals surface area contributed by atoms with Crippen molar-refractivity contribution in [1.82, 2.24) is 5.32 Å². The molecule has 0 saturated heterocycles. The molecular formula is C14H13Cl2NO2. The molecule has 1 aromatic carbocycles. The summed E-state index contributed by atoms with van der Waals surface area (Å²) >= 11 is 11.7. The normalized spacial score (nSPS) is 12.2. The molecule has 0 radical (unpaired) electrons. The van der Waals surface area contributed by atoms with E-state index in [2.05, 4.69) is 5.32 Å². The van der Waals surface area contributed by atoms with Crippen molar-refractivity contribution in [3.63, 3.8) is 0 Å². The summed E-state index contributed by atoms with van der Waals surface area (Å²) in [5, 5.41) is 3.66. The van der Waals surface area contributed by atoms with E-state index in [9.17, 15) is 4.79 Å². The molecule has 0 aliphatic heterocycles. The highest BCUT2D eigenvalue weighted by Gasteiger charge is 2.15. The van der Waals surface area contributed by atoms with Gasteiger partial charge in [0.1, 0.15) is 0 Å². The first kappa shape index (κ1) is 14.0. The van der Waals surface area contributed by atoms with Crippen LogP contribution in [0.1, 0.15) is 22.8 Å². The zero-order valence-electron chi connectivity index (χ0n) is 10.3. The molecule has 1 amide bonds. The number of rotatable bonds is 4. The average molecular weight is 298 g/mol. The number of nitrogens with one attached hydrogen (secondary N) is 1. The van der Waals surface area contributed by atoms with Gasteiger partial charge in [0, 0.05) is 11.1 Å². The number of benzene rings is 1. The summed E-state index contributed by atoms with van der Waals surface area (Å²) in [6, 6.07) is 9.08. The first-order chi connectivity index (χ1) is 9.06. The molecule has 1 heterocycles. The van der Waals surface area contributed by atoms with Crippen molar-refractivity contribution < 1.29 is 9.21 Å². The smallest absolute Gasteiger partial charge is 0.256 e. The topological polar surface area (TPSA) is 42.2 Å². The van der Waals surface area contributed by atoms with Crippen LogP contribution in [0, 0.1) is 0 Å². The SMILES string of the molecule is CC(Cc1cccc(Cl)c1)NC(=O)c1ccoc1Cl. The Bertz CT molecular complexity index is 580. The molecule has 0 fully saturated rings. The van der Waals surface area contributed by atoms with Crippen LogP contribution in [0.4, 0.5) is 0 Å². The minimum absolute atomic E-state index is 0.0306. The lowest BCUT2D eigenvalue weighted by Crippen LogP contribution is -2.34. The second kappa shape index (κ2) is 6.13. The maximum absolute atomic E-state index is 11.9. The highest BCUT2D eigenvalue weighted by atomic mass is 35.5. The van der Waals surface area contributed by atoms with Crippen LogP contribution in [0.5, 0.6) is 0 Å².